The van der Waals surface area contributed by atoms with Gasteiger partial charge in [-0.25, -0.2) is 13.1 Å². The molecular formula is C16H18BrNO4S. The van der Waals surface area contributed by atoms with Crippen molar-refractivity contribution < 1.29 is 17.9 Å². The first-order valence-corrected chi connectivity index (χ1v) is 9.29. The highest BCUT2D eigenvalue weighted by atomic mass is 79.9. The molecule has 2 rings (SSSR count). The molecule has 0 aliphatic carbocycles. The van der Waals surface area contributed by atoms with Crippen molar-refractivity contribution in [2.24, 2.45) is 0 Å². The van der Waals surface area contributed by atoms with Gasteiger partial charge in [-0.2, -0.15) is 0 Å². The number of sulfonamides is 1. The number of benzene rings is 2. The quantitative estimate of drug-likeness (QED) is 0.775. The molecule has 124 valence electrons. The van der Waals surface area contributed by atoms with Crippen LogP contribution in [0.3, 0.4) is 0 Å². The minimum absolute atomic E-state index is 0.169. The van der Waals surface area contributed by atoms with Gasteiger partial charge in [-0.15, -0.1) is 0 Å². The van der Waals surface area contributed by atoms with Crippen molar-refractivity contribution in [1.29, 1.82) is 0 Å². The van der Waals surface area contributed by atoms with Crippen LogP contribution in [0, 0.1) is 0 Å². The average Bonchev–Trinajstić information content (AvgIpc) is 2.54. The van der Waals surface area contributed by atoms with Gasteiger partial charge >= 0.3 is 0 Å². The fraction of sp³-hybridized carbons (Fsp3) is 0.250. The van der Waals surface area contributed by atoms with Gasteiger partial charge in [0.1, 0.15) is 0 Å². The van der Waals surface area contributed by atoms with Crippen LogP contribution in [0.1, 0.15) is 12.5 Å². The van der Waals surface area contributed by atoms with Crippen molar-refractivity contribution in [1.82, 2.24) is 4.72 Å². The lowest BCUT2D eigenvalue weighted by Crippen LogP contribution is -2.23. The van der Waals surface area contributed by atoms with Gasteiger partial charge in [-0.05, 0) is 48.9 Å². The molecule has 2 aromatic carbocycles. The molecule has 0 aliphatic rings. The van der Waals surface area contributed by atoms with Crippen LogP contribution in [0.4, 0.5) is 0 Å². The maximum atomic E-state index is 12.3. The Morgan fingerprint density at radius 3 is 2.39 bits per heavy atom. The highest BCUT2D eigenvalue weighted by molar-refractivity contribution is 9.10. The normalized spacial score (nSPS) is 11.3. The third kappa shape index (κ3) is 4.70. The van der Waals surface area contributed by atoms with E-state index in [0.717, 1.165) is 10.0 Å². The molecule has 0 aliphatic heterocycles. The highest BCUT2D eigenvalue weighted by Crippen LogP contribution is 2.28. The van der Waals surface area contributed by atoms with Crippen molar-refractivity contribution >= 4 is 26.0 Å². The van der Waals surface area contributed by atoms with Crippen molar-refractivity contribution in [3.8, 4) is 11.5 Å². The minimum atomic E-state index is -3.56. The summed E-state index contributed by atoms with van der Waals surface area (Å²) in [5.41, 5.74) is 0.787. The summed E-state index contributed by atoms with van der Waals surface area (Å²) >= 11 is 3.28. The van der Waals surface area contributed by atoms with E-state index in [4.69, 9.17) is 9.47 Å². The van der Waals surface area contributed by atoms with E-state index in [2.05, 4.69) is 20.7 Å². The number of nitrogens with one attached hydrogen (secondary N) is 1. The Bertz CT molecular complexity index is 760. The monoisotopic (exact) mass is 399 g/mol. The zero-order valence-electron chi connectivity index (χ0n) is 12.9. The van der Waals surface area contributed by atoms with E-state index < -0.39 is 10.0 Å². The molecule has 2 aromatic rings. The van der Waals surface area contributed by atoms with E-state index in [1.165, 1.54) is 0 Å². The minimum Gasteiger partial charge on any atom is -0.493 e. The summed E-state index contributed by atoms with van der Waals surface area (Å²) < 4.78 is 38.6. The van der Waals surface area contributed by atoms with Crippen molar-refractivity contribution in [2.75, 3.05) is 13.7 Å². The molecule has 0 saturated heterocycles. The van der Waals surface area contributed by atoms with Crippen LogP contribution in [0.15, 0.2) is 51.8 Å². The van der Waals surface area contributed by atoms with E-state index in [1.54, 1.807) is 49.6 Å². The van der Waals surface area contributed by atoms with Crippen LogP contribution < -0.4 is 14.2 Å². The summed E-state index contributed by atoms with van der Waals surface area (Å²) in [6.07, 6.45) is 0. The Morgan fingerprint density at radius 2 is 1.78 bits per heavy atom. The fourth-order valence-corrected chi connectivity index (χ4v) is 3.26. The van der Waals surface area contributed by atoms with Crippen LogP contribution >= 0.6 is 15.9 Å². The molecule has 1 N–H and O–H groups in total. The van der Waals surface area contributed by atoms with E-state index in [0.29, 0.717) is 18.1 Å². The Labute approximate surface area is 144 Å². The van der Waals surface area contributed by atoms with Crippen molar-refractivity contribution in [3.63, 3.8) is 0 Å². The molecule has 0 amide bonds. The van der Waals surface area contributed by atoms with Crippen molar-refractivity contribution in [3.05, 3.63) is 52.5 Å². The fourth-order valence-electron chi connectivity index (χ4n) is 1.97. The summed E-state index contributed by atoms with van der Waals surface area (Å²) in [5.74, 6) is 1.21. The standard InChI is InChI=1S/C16H18BrNO4S/c1-3-22-16-10-12(4-9-15(16)21-2)11-18-23(19,20)14-7-5-13(17)6-8-14/h4-10,18H,3,11H2,1-2H3. The number of hydrogen-bond acceptors (Lipinski definition) is 4. The predicted molar refractivity (Wildman–Crippen MR) is 92.3 cm³/mol. The summed E-state index contributed by atoms with van der Waals surface area (Å²) in [7, 11) is -2.00. The number of methoxy groups -OCH3 is 1. The number of hydrogen-bond donors (Lipinski definition) is 1. The van der Waals surface area contributed by atoms with Gasteiger partial charge < -0.3 is 9.47 Å². The Balaban J connectivity index is 2.13. The predicted octanol–water partition coefficient (Wildman–Crippen LogP) is 3.33. The zero-order chi connectivity index (χ0) is 16.9. The van der Waals surface area contributed by atoms with Crippen molar-refractivity contribution in [2.45, 2.75) is 18.4 Å². The first-order chi connectivity index (χ1) is 11.0. The smallest absolute Gasteiger partial charge is 0.240 e. The van der Waals surface area contributed by atoms with Crippen LogP contribution in [0.2, 0.25) is 0 Å². The number of ether oxygens (including phenoxy) is 2. The lowest BCUT2D eigenvalue weighted by atomic mass is 10.2. The molecule has 23 heavy (non-hydrogen) atoms. The van der Waals surface area contributed by atoms with Gasteiger partial charge in [0.05, 0.1) is 18.6 Å². The summed E-state index contributed by atoms with van der Waals surface area (Å²) in [5, 5.41) is 0. The SMILES string of the molecule is CCOc1cc(CNS(=O)(=O)c2ccc(Br)cc2)ccc1OC. The van der Waals surface area contributed by atoms with E-state index >= 15 is 0 Å². The highest BCUT2D eigenvalue weighted by Gasteiger charge is 2.14. The second-order valence-electron chi connectivity index (χ2n) is 4.70. The maximum absolute atomic E-state index is 12.3. The molecule has 0 atom stereocenters. The lowest BCUT2D eigenvalue weighted by molar-refractivity contribution is 0.310. The third-order valence-electron chi connectivity index (χ3n) is 3.12. The third-order valence-corrected chi connectivity index (χ3v) is 5.06. The second kappa shape index (κ2) is 7.81. The van der Waals surface area contributed by atoms with Gasteiger partial charge in [0.25, 0.3) is 0 Å². The zero-order valence-corrected chi connectivity index (χ0v) is 15.3. The van der Waals surface area contributed by atoms with Crippen LogP contribution in [0.5, 0.6) is 11.5 Å². The van der Waals surface area contributed by atoms with Gasteiger partial charge in [-0.3, -0.25) is 0 Å². The molecular weight excluding hydrogens is 382 g/mol. The summed E-state index contributed by atoms with van der Waals surface area (Å²) in [6, 6.07) is 11.8. The molecule has 0 spiro atoms. The molecule has 0 saturated carbocycles. The van der Waals surface area contributed by atoms with E-state index in [9.17, 15) is 8.42 Å². The first-order valence-electron chi connectivity index (χ1n) is 7.01. The van der Waals surface area contributed by atoms with Gasteiger partial charge in [0.2, 0.25) is 10.0 Å². The van der Waals surface area contributed by atoms with Gasteiger partial charge in [0.15, 0.2) is 11.5 Å². The molecule has 0 unspecified atom stereocenters. The van der Waals surface area contributed by atoms with Crippen LogP contribution in [-0.2, 0) is 16.6 Å². The number of halogens is 1. The molecule has 0 radical (unpaired) electrons. The van der Waals surface area contributed by atoms with E-state index in [-0.39, 0.29) is 11.4 Å². The molecule has 0 bridgehead atoms. The molecule has 7 heteroatoms. The van der Waals surface area contributed by atoms with Gasteiger partial charge in [-0.1, -0.05) is 22.0 Å². The van der Waals surface area contributed by atoms with Crippen LogP contribution in [0.25, 0.3) is 0 Å². The molecule has 0 fully saturated rings. The summed E-state index contributed by atoms with van der Waals surface area (Å²) in [6.45, 7) is 2.55. The first kappa shape index (κ1) is 17.8. The Hall–Kier alpha value is -1.57. The number of rotatable bonds is 7. The van der Waals surface area contributed by atoms with E-state index in [1.807, 2.05) is 6.92 Å². The van der Waals surface area contributed by atoms with Crippen LogP contribution in [-0.4, -0.2) is 22.1 Å². The molecule has 0 heterocycles. The lowest BCUT2D eigenvalue weighted by Gasteiger charge is -2.12. The Morgan fingerprint density at radius 1 is 1.09 bits per heavy atom. The largest absolute Gasteiger partial charge is 0.493 e. The molecule has 0 aromatic heterocycles. The second-order valence-corrected chi connectivity index (χ2v) is 7.38. The molecule has 5 nitrogen and oxygen atoms in total. The summed E-state index contributed by atoms with van der Waals surface area (Å²) in [4.78, 5) is 0.222. The topological polar surface area (TPSA) is 64.6 Å². The maximum Gasteiger partial charge on any atom is 0.240 e. The average molecular weight is 400 g/mol. The Kier molecular flexibility index (Phi) is 6.04. The van der Waals surface area contributed by atoms with Gasteiger partial charge in [0, 0.05) is 11.0 Å².